The van der Waals surface area contributed by atoms with Gasteiger partial charge >= 0.3 is 18.1 Å². The van der Waals surface area contributed by atoms with Gasteiger partial charge < -0.3 is 15.1 Å². The molecule has 0 atom stereocenters. The quantitative estimate of drug-likeness (QED) is 0.523. The van der Waals surface area contributed by atoms with Gasteiger partial charge in [-0.2, -0.15) is 13.2 Å². The van der Waals surface area contributed by atoms with Gasteiger partial charge in [0.25, 0.3) is 0 Å². The van der Waals surface area contributed by atoms with Crippen molar-refractivity contribution in [3.63, 3.8) is 0 Å². The van der Waals surface area contributed by atoms with Gasteiger partial charge in [0.15, 0.2) is 0 Å². The highest BCUT2D eigenvalue weighted by molar-refractivity contribution is 7.92. The fraction of sp³-hybridized carbons (Fsp3) is 0.304. The fourth-order valence-electron chi connectivity index (χ4n) is 3.36. The van der Waals surface area contributed by atoms with Crippen molar-refractivity contribution >= 4 is 38.9 Å². The van der Waals surface area contributed by atoms with Crippen LogP contribution in [-0.2, 0) is 14.8 Å². The van der Waals surface area contributed by atoms with Crippen LogP contribution < -0.4 is 9.62 Å². The minimum atomic E-state index is -5.08. The molecule has 0 saturated heterocycles. The number of carbonyl (C=O) groups is 2. The minimum absolute atomic E-state index is 0.0737. The van der Waals surface area contributed by atoms with Crippen LogP contribution in [0.5, 0.6) is 0 Å². The summed E-state index contributed by atoms with van der Waals surface area (Å²) >= 11 is 0. The number of nitrogens with zero attached hydrogens (tertiary/aromatic N) is 1. The van der Waals surface area contributed by atoms with Crippen molar-refractivity contribution in [1.29, 1.82) is 0 Å². The van der Waals surface area contributed by atoms with Crippen molar-refractivity contribution in [3.8, 4) is 0 Å². The summed E-state index contributed by atoms with van der Waals surface area (Å²) in [5.74, 6) is -3.91. The van der Waals surface area contributed by atoms with Crippen molar-refractivity contribution in [1.82, 2.24) is 0 Å². The van der Waals surface area contributed by atoms with E-state index in [2.05, 4.69) is 29.9 Å². The van der Waals surface area contributed by atoms with Crippen LogP contribution in [0.25, 0.3) is 5.57 Å². The maximum absolute atomic E-state index is 11.8. The van der Waals surface area contributed by atoms with Gasteiger partial charge in [-0.25, -0.2) is 18.0 Å². The van der Waals surface area contributed by atoms with E-state index in [1.807, 2.05) is 17.0 Å². The molecule has 190 valence electrons. The summed E-state index contributed by atoms with van der Waals surface area (Å²) in [6.07, 6.45) is -2.14. The first kappa shape index (κ1) is 27.7. The third-order valence-electron chi connectivity index (χ3n) is 5.16. The molecule has 8 nitrogen and oxygen atoms in total. The molecule has 0 bridgehead atoms. The highest BCUT2D eigenvalue weighted by Gasteiger charge is 2.38. The second kappa shape index (κ2) is 11.3. The molecule has 1 heterocycles. The van der Waals surface area contributed by atoms with Crippen molar-refractivity contribution < 1.29 is 41.4 Å². The van der Waals surface area contributed by atoms with Crippen molar-refractivity contribution in [2.75, 3.05) is 28.5 Å². The van der Waals surface area contributed by atoms with Crippen LogP contribution in [0, 0.1) is 6.92 Å². The molecule has 12 heteroatoms. The zero-order valence-electron chi connectivity index (χ0n) is 19.0. The maximum Gasteiger partial charge on any atom is 0.490 e. The number of halogens is 3. The van der Waals surface area contributed by atoms with E-state index < -0.39 is 28.1 Å². The van der Waals surface area contributed by atoms with E-state index in [1.165, 1.54) is 29.7 Å². The fourth-order valence-corrected chi connectivity index (χ4v) is 3.99. The lowest BCUT2D eigenvalue weighted by Crippen LogP contribution is -2.30. The molecule has 0 amide bonds. The predicted molar refractivity (Wildman–Crippen MR) is 126 cm³/mol. The van der Waals surface area contributed by atoms with Crippen LogP contribution in [0.3, 0.4) is 0 Å². The summed E-state index contributed by atoms with van der Waals surface area (Å²) in [6.45, 7) is 4.91. The van der Waals surface area contributed by atoms with Crippen LogP contribution >= 0.6 is 0 Å². The molecule has 0 aliphatic carbocycles. The number of hydrogen-bond acceptors (Lipinski definition) is 5. The number of alkyl halides is 3. The molecule has 3 rings (SSSR count). The molecule has 3 N–H and O–H groups in total. The Labute approximate surface area is 200 Å². The summed E-state index contributed by atoms with van der Waals surface area (Å²) in [5, 5.41) is 16.7. The molecule has 0 fully saturated rings. The van der Waals surface area contributed by atoms with Crippen LogP contribution in [-0.4, -0.2) is 55.6 Å². The van der Waals surface area contributed by atoms with Gasteiger partial charge in [-0.05, 0) is 55.2 Å². The Balaban J connectivity index is 0.000000540. The van der Waals surface area contributed by atoms with E-state index in [4.69, 9.17) is 9.90 Å². The summed E-state index contributed by atoms with van der Waals surface area (Å²) in [7, 11) is -3.46. The molecule has 0 saturated carbocycles. The van der Waals surface area contributed by atoms with Gasteiger partial charge in [-0.3, -0.25) is 4.72 Å². The number of benzene rings is 2. The monoisotopic (exact) mass is 514 g/mol. The van der Waals surface area contributed by atoms with Crippen LogP contribution in [0.15, 0.2) is 48.5 Å². The lowest BCUT2D eigenvalue weighted by molar-refractivity contribution is -0.192. The Morgan fingerprint density at radius 3 is 2.23 bits per heavy atom. The van der Waals surface area contributed by atoms with Gasteiger partial charge in [0.2, 0.25) is 10.0 Å². The first-order chi connectivity index (χ1) is 16.2. The number of nitrogens with one attached hydrogen (secondary N) is 1. The van der Waals surface area contributed by atoms with Gasteiger partial charge in [0.05, 0.1) is 17.0 Å². The number of aryl methyl sites for hydroxylation is 1. The third kappa shape index (κ3) is 7.74. The van der Waals surface area contributed by atoms with Crippen molar-refractivity contribution in [2.24, 2.45) is 0 Å². The smallest absolute Gasteiger partial charge is 0.478 e. The largest absolute Gasteiger partial charge is 0.490 e. The van der Waals surface area contributed by atoms with Crippen LogP contribution in [0.4, 0.5) is 24.5 Å². The SMILES string of the molecule is CCS(=O)(=O)Nc1ccc(N2CC=C(c3ccccc3C)CC2)c(C(=O)O)c1.O=C(O)C(F)(F)F. The highest BCUT2D eigenvalue weighted by Crippen LogP contribution is 2.31. The van der Waals surface area contributed by atoms with E-state index in [0.29, 0.717) is 18.8 Å². The molecule has 1 aliphatic heterocycles. The topological polar surface area (TPSA) is 124 Å². The van der Waals surface area contributed by atoms with Crippen LogP contribution in [0.1, 0.15) is 34.8 Å². The predicted octanol–water partition coefficient (Wildman–Crippen LogP) is 4.38. The average Bonchev–Trinajstić information content (AvgIpc) is 2.79. The van der Waals surface area contributed by atoms with E-state index in [9.17, 15) is 31.5 Å². The zero-order valence-corrected chi connectivity index (χ0v) is 19.8. The second-order valence-corrected chi connectivity index (χ2v) is 9.60. The number of rotatable bonds is 6. The molecule has 0 unspecified atom stereocenters. The molecule has 1 aliphatic rings. The second-order valence-electron chi connectivity index (χ2n) is 7.59. The number of aromatic carboxylic acids is 1. The molecular weight excluding hydrogens is 489 g/mol. The zero-order chi connectivity index (χ0) is 26.4. The maximum atomic E-state index is 11.8. The summed E-state index contributed by atoms with van der Waals surface area (Å²) in [4.78, 5) is 22.7. The number of carboxylic acids is 2. The summed E-state index contributed by atoms with van der Waals surface area (Å²) in [6, 6.07) is 12.9. The molecule has 2 aromatic carbocycles. The normalized spacial score (nSPS) is 13.9. The standard InChI is InChI=1S/C21H24N2O4S.C2HF3O2/c1-3-28(26,27)22-17-8-9-20(19(14-17)21(24)25)23-12-10-16(11-13-23)18-7-5-4-6-15(18)2;3-2(4,5)1(6)7/h4-10,14,22H,3,11-13H2,1-2H3,(H,24,25);(H,6,7). The molecule has 0 radical (unpaired) electrons. The Kier molecular flexibility index (Phi) is 8.91. The van der Waals surface area contributed by atoms with Crippen molar-refractivity contribution in [3.05, 3.63) is 65.2 Å². The lowest BCUT2D eigenvalue weighted by atomic mass is 9.95. The van der Waals surface area contributed by atoms with E-state index in [-0.39, 0.29) is 17.0 Å². The Morgan fingerprint density at radius 2 is 1.74 bits per heavy atom. The lowest BCUT2D eigenvalue weighted by Gasteiger charge is -2.30. The number of sulfonamides is 1. The van der Waals surface area contributed by atoms with Gasteiger partial charge in [0.1, 0.15) is 0 Å². The van der Waals surface area contributed by atoms with Crippen molar-refractivity contribution in [2.45, 2.75) is 26.4 Å². The summed E-state index contributed by atoms with van der Waals surface area (Å²) < 4.78 is 57.7. The van der Waals surface area contributed by atoms with E-state index >= 15 is 0 Å². The third-order valence-corrected chi connectivity index (χ3v) is 6.47. The Morgan fingerprint density at radius 1 is 1.11 bits per heavy atom. The van der Waals surface area contributed by atoms with Gasteiger partial charge in [-0.15, -0.1) is 0 Å². The Hall–Kier alpha value is -3.54. The number of hydrogen-bond donors (Lipinski definition) is 3. The molecular formula is C23H25F3N2O6S. The van der Waals surface area contributed by atoms with E-state index in [0.717, 1.165) is 6.42 Å². The molecule has 0 spiro atoms. The molecule has 35 heavy (non-hydrogen) atoms. The average molecular weight is 515 g/mol. The molecule has 2 aromatic rings. The number of carboxylic acid groups (broad SMARTS) is 2. The highest BCUT2D eigenvalue weighted by atomic mass is 32.2. The first-order valence-electron chi connectivity index (χ1n) is 10.4. The number of aliphatic carboxylic acids is 1. The minimum Gasteiger partial charge on any atom is -0.478 e. The number of anilines is 2. The van der Waals surface area contributed by atoms with Gasteiger partial charge in [0, 0.05) is 18.8 Å². The first-order valence-corrected chi connectivity index (χ1v) is 12.1. The summed E-state index contributed by atoms with van der Waals surface area (Å²) in [5.41, 5.74) is 4.65. The molecule has 0 aromatic heterocycles. The Bertz CT molecular complexity index is 1230. The van der Waals surface area contributed by atoms with E-state index in [1.54, 1.807) is 12.1 Å². The van der Waals surface area contributed by atoms with Crippen LogP contribution in [0.2, 0.25) is 0 Å². The van der Waals surface area contributed by atoms with Gasteiger partial charge in [-0.1, -0.05) is 30.3 Å².